The standard InChI is InChI=1S/C14H19N3O3/c1-9-4-2-6-11(12(9)13(15)17-19)16-14(18)10-5-3-7-20-8-10/h2,4,6,10,19H,3,5,7-8H2,1H3,(H2,15,17)(H,16,18). The monoisotopic (exact) mass is 277 g/mol. The lowest BCUT2D eigenvalue weighted by molar-refractivity contribution is -0.123. The van der Waals surface area contributed by atoms with Gasteiger partial charge in [-0.3, -0.25) is 4.79 Å². The first-order valence-corrected chi connectivity index (χ1v) is 6.59. The van der Waals surface area contributed by atoms with Gasteiger partial charge in [-0.1, -0.05) is 17.3 Å². The average Bonchev–Trinajstić information content (AvgIpc) is 2.47. The van der Waals surface area contributed by atoms with Crippen molar-refractivity contribution in [1.29, 1.82) is 0 Å². The normalized spacial score (nSPS) is 19.6. The maximum atomic E-state index is 12.2. The van der Waals surface area contributed by atoms with Crippen LogP contribution in [0.25, 0.3) is 0 Å². The Balaban J connectivity index is 2.20. The number of ether oxygens (including phenoxy) is 1. The first-order chi connectivity index (χ1) is 9.63. The fraction of sp³-hybridized carbons (Fsp3) is 0.429. The number of nitrogens with zero attached hydrogens (tertiary/aromatic N) is 1. The fourth-order valence-corrected chi connectivity index (χ4v) is 2.34. The second kappa shape index (κ2) is 6.38. The minimum Gasteiger partial charge on any atom is -0.409 e. The van der Waals surface area contributed by atoms with Gasteiger partial charge in [-0.05, 0) is 31.4 Å². The first-order valence-electron chi connectivity index (χ1n) is 6.59. The van der Waals surface area contributed by atoms with Crippen molar-refractivity contribution in [1.82, 2.24) is 0 Å². The highest BCUT2D eigenvalue weighted by Crippen LogP contribution is 2.22. The van der Waals surface area contributed by atoms with E-state index < -0.39 is 0 Å². The van der Waals surface area contributed by atoms with Crippen molar-refractivity contribution in [3.05, 3.63) is 29.3 Å². The van der Waals surface area contributed by atoms with E-state index in [1.54, 1.807) is 6.07 Å². The minimum atomic E-state index is -0.149. The van der Waals surface area contributed by atoms with Crippen LogP contribution in [0.2, 0.25) is 0 Å². The highest BCUT2D eigenvalue weighted by molar-refractivity contribution is 6.06. The van der Waals surface area contributed by atoms with Crippen molar-refractivity contribution in [3.63, 3.8) is 0 Å². The lowest BCUT2D eigenvalue weighted by atomic mass is 10.0. The number of hydrogen-bond donors (Lipinski definition) is 3. The Morgan fingerprint density at radius 2 is 2.35 bits per heavy atom. The van der Waals surface area contributed by atoms with Crippen molar-refractivity contribution in [2.45, 2.75) is 19.8 Å². The third-order valence-electron chi connectivity index (χ3n) is 3.43. The van der Waals surface area contributed by atoms with Gasteiger partial charge in [0, 0.05) is 12.2 Å². The summed E-state index contributed by atoms with van der Waals surface area (Å²) in [6.07, 6.45) is 1.70. The number of benzene rings is 1. The molecule has 1 aromatic rings. The molecule has 1 fully saturated rings. The Kier molecular flexibility index (Phi) is 4.57. The molecule has 0 aliphatic carbocycles. The lowest BCUT2D eigenvalue weighted by Gasteiger charge is -2.22. The van der Waals surface area contributed by atoms with Crippen molar-refractivity contribution >= 4 is 17.4 Å². The molecule has 6 nitrogen and oxygen atoms in total. The quantitative estimate of drug-likeness (QED) is 0.337. The van der Waals surface area contributed by atoms with Gasteiger partial charge in [0.25, 0.3) is 0 Å². The van der Waals surface area contributed by atoms with Gasteiger partial charge in [-0.2, -0.15) is 0 Å². The van der Waals surface area contributed by atoms with Gasteiger partial charge in [0.1, 0.15) is 0 Å². The predicted octanol–water partition coefficient (Wildman–Crippen LogP) is 1.45. The molecule has 4 N–H and O–H groups in total. The number of amides is 1. The van der Waals surface area contributed by atoms with Crippen LogP contribution >= 0.6 is 0 Å². The zero-order chi connectivity index (χ0) is 14.5. The van der Waals surface area contributed by atoms with Crippen LogP contribution in [0.4, 0.5) is 5.69 Å². The largest absolute Gasteiger partial charge is 0.409 e. The third kappa shape index (κ3) is 3.08. The smallest absolute Gasteiger partial charge is 0.229 e. The van der Waals surface area contributed by atoms with Gasteiger partial charge in [0.05, 0.1) is 18.2 Å². The van der Waals surface area contributed by atoms with Gasteiger partial charge in [-0.25, -0.2) is 0 Å². The molecule has 0 saturated carbocycles. The Labute approximate surface area is 117 Å². The van der Waals surface area contributed by atoms with Crippen molar-refractivity contribution < 1.29 is 14.7 Å². The molecule has 1 heterocycles. The Morgan fingerprint density at radius 3 is 3.00 bits per heavy atom. The summed E-state index contributed by atoms with van der Waals surface area (Å²) in [5.41, 5.74) is 7.60. The van der Waals surface area contributed by atoms with Crippen LogP contribution in [0.15, 0.2) is 23.4 Å². The number of aryl methyl sites for hydroxylation is 1. The van der Waals surface area contributed by atoms with E-state index in [9.17, 15) is 4.79 Å². The third-order valence-corrected chi connectivity index (χ3v) is 3.43. The zero-order valence-corrected chi connectivity index (χ0v) is 11.4. The van der Waals surface area contributed by atoms with E-state index >= 15 is 0 Å². The first kappa shape index (κ1) is 14.3. The number of rotatable bonds is 3. The van der Waals surface area contributed by atoms with Gasteiger partial charge in [-0.15, -0.1) is 0 Å². The molecule has 20 heavy (non-hydrogen) atoms. The molecular formula is C14H19N3O3. The second-order valence-electron chi connectivity index (χ2n) is 4.89. The zero-order valence-electron chi connectivity index (χ0n) is 11.4. The molecule has 0 spiro atoms. The predicted molar refractivity (Wildman–Crippen MR) is 75.9 cm³/mol. The van der Waals surface area contributed by atoms with E-state index in [-0.39, 0.29) is 17.7 Å². The van der Waals surface area contributed by atoms with Gasteiger partial charge in [0.15, 0.2) is 5.84 Å². The maximum Gasteiger partial charge on any atom is 0.229 e. The molecule has 1 aliphatic heterocycles. The molecular weight excluding hydrogens is 258 g/mol. The number of nitrogens with one attached hydrogen (secondary N) is 1. The number of anilines is 1. The number of carbonyl (C=O) groups is 1. The SMILES string of the molecule is Cc1cccc(NC(=O)C2CCCOC2)c1/C(N)=N/O. The highest BCUT2D eigenvalue weighted by atomic mass is 16.5. The minimum absolute atomic E-state index is 0.0155. The van der Waals surface area contributed by atoms with E-state index in [1.165, 1.54) is 0 Å². The number of carbonyl (C=O) groups excluding carboxylic acids is 1. The number of oxime groups is 1. The van der Waals surface area contributed by atoms with Gasteiger partial charge < -0.3 is 21.0 Å². The Morgan fingerprint density at radius 1 is 1.55 bits per heavy atom. The van der Waals surface area contributed by atoms with Crippen molar-refractivity contribution in [3.8, 4) is 0 Å². The maximum absolute atomic E-state index is 12.2. The molecule has 1 unspecified atom stereocenters. The summed E-state index contributed by atoms with van der Waals surface area (Å²) in [4.78, 5) is 12.2. The Hall–Kier alpha value is -2.08. The molecule has 1 aromatic carbocycles. The van der Waals surface area contributed by atoms with Crippen LogP contribution in [-0.2, 0) is 9.53 Å². The molecule has 1 amide bonds. The van der Waals surface area contributed by atoms with E-state index in [4.69, 9.17) is 15.7 Å². The molecule has 1 aliphatic rings. The van der Waals surface area contributed by atoms with E-state index in [0.717, 1.165) is 18.4 Å². The fourth-order valence-electron chi connectivity index (χ4n) is 2.34. The Bertz CT molecular complexity index is 522. The molecule has 6 heteroatoms. The summed E-state index contributed by atoms with van der Waals surface area (Å²) in [6.45, 7) is 2.99. The summed E-state index contributed by atoms with van der Waals surface area (Å²) in [6, 6.07) is 5.39. The van der Waals surface area contributed by atoms with E-state index in [2.05, 4.69) is 10.5 Å². The van der Waals surface area contributed by atoms with Crippen LogP contribution in [-0.4, -0.2) is 30.2 Å². The number of nitrogens with two attached hydrogens (primary N) is 1. The summed E-state index contributed by atoms with van der Waals surface area (Å²) in [5, 5.41) is 14.7. The summed E-state index contributed by atoms with van der Waals surface area (Å²) < 4.78 is 5.31. The summed E-state index contributed by atoms with van der Waals surface area (Å²) >= 11 is 0. The van der Waals surface area contributed by atoms with Crippen LogP contribution < -0.4 is 11.1 Å². The van der Waals surface area contributed by atoms with Crippen LogP contribution in [0, 0.1) is 12.8 Å². The summed E-state index contributed by atoms with van der Waals surface area (Å²) in [7, 11) is 0. The van der Waals surface area contributed by atoms with Crippen molar-refractivity contribution in [2.24, 2.45) is 16.8 Å². The average molecular weight is 277 g/mol. The van der Waals surface area contributed by atoms with Crippen molar-refractivity contribution in [2.75, 3.05) is 18.5 Å². The lowest BCUT2D eigenvalue weighted by Crippen LogP contribution is -2.31. The van der Waals surface area contributed by atoms with E-state index in [1.807, 2.05) is 19.1 Å². The molecule has 0 radical (unpaired) electrons. The van der Waals surface area contributed by atoms with Crippen LogP contribution in [0.3, 0.4) is 0 Å². The van der Waals surface area contributed by atoms with Gasteiger partial charge >= 0.3 is 0 Å². The molecule has 1 saturated heterocycles. The van der Waals surface area contributed by atoms with Crippen LogP contribution in [0.5, 0.6) is 0 Å². The number of amidine groups is 1. The molecule has 108 valence electrons. The number of hydrogen-bond acceptors (Lipinski definition) is 4. The van der Waals surface area contributed by atoms with Crippen LogP contribution in [0.1, 0.15) is 24.0 Å². The molecule has 0 bridgehead atoms. The second-order valence-corrected chi connectivity index (χ2v) is 4.89. The van der Waals surface area contributed by atoms with E-state index in [0.29, 0.717) is 24.5 Å². The molecule has 1 atom stereocenters. The summed E-state index contributed by atoms with van der Waals surface area (Å²) in [5.74, 6) is -0.259. The molecule has 0 aromatic heterocycles. The van der Waals surface area contributed by atoms with Gasteiger partial charge in [0.2, 0.25) is 5.91 Å². The topological polar surface area (TPSA) is 96.9 Å². The highest BCUT2D eigenvalue weighted by Gasteiger charge is 2.23. The molecule has 2 rings (SSSR count).